The molecule has 0 saturated carbocycles. The summed E-state index contributed by atoms with van der Waals surface area (Å²) in [5.41, 5.74) is 6.84. The summed E-state index contributed by atoms with van der Waals surface area (Å²) in [6, 6.07) is 3.54. The summed E-state index contributed by atoms with van der Waals surface area (Å²) in [6.45, 7) is 2.11. The van der Waals surface area contributed by atoms with Crippen molar-refractivity contribution in [2.45, 2.75) is 18.7 Å². The van der Waals surface area contributed by atoms with E-state index in [9.17, 15) is 4.79 Å². The molecule has 0 bridgehead atoms. The van der Waals surface area contributed by atoms with E-state index in [1.807, 2.05) is 0 Å². The van der Waals surface area contributed by atoms with Gasteiger partial charge in [-0.2, -0.15) is 12.6 Å². The topological polar surface area (TPSA) is 68.0 Å². The maximum atomic E-state index is 11.2. The minimum Gasteiger partial charge on any atom is -0.325 e. The van der Waals surface area contributed by atoms with Crippen molar-refractivity contribution < 1.29 is 4.79 Å². The second-order valence-corrected chi connectivity index (χ2v) is 3.68. The predicted molar refractivity (Wildman–Crippen MR) is 59.2 cm³/mol. The molecule has 1 amide bonds. The Balaban J connectivity index is 2.64. The Labute approximate surface area is 88.3 Å². The summed E-state index contributed by atoms with van der Waals surface area (Å²) < 4.78 is 0. The fourth-order valence-corrected chi connectivity index (χ4v) is 0.930. The van der Waals surface area contributed by atoms with Gasteiger partial charge in [0.15, 0.2) is 0 Å². The summed E-state index contributed by atoms with van der Waals surface area (Å²) in [6.07, 6.45) is 1.58. The van der Waals surface area contributed by atoms with Crippen LogP contribution in [0.25, 0.3) is 0 Å². The smallest absolute Gasteiger partial charge is 0.236 e. The van der Waals surface area contributed by atoms with Gasteiger partial charge in [-0.15, -0.1) is 0 Å². The molecule has 0 aliphatic heterocycles. The Morgan fingerprint density at radius 3 is 2.86 bits per heavy atom. The molecule has 1 unspecified atom stereocenters. The highest BCUT2D eigenvalue weighted by molar-refractivity contribution is 7.81. The molecule has 5 heteroatoms. The van der Waals surface area contributed by atoms with Crippen molar-refractivity contribution >= 4 is 24.2 Å². The molecule has 0 fully saturated rings. The fourth-order valence-electron chi connectivity index (χ4n) is 0.866. The molecule has 1 rings (SSSR count). The Morgan fingerprint density at radius 1 is 1.71 bits per heavy atom. The fraction of sp³-hybridized carbons (Fsp3) is 0.333. The molecule has 0 aliphatic rings. The number of nitrogens with two attached hydrogens (primary N) is 1. The summed E-state index contributed by atoms with van der Waals surface area (Å²) >= 11 is 4.01. The molecule has 1 aromatic heterocycles. The highest BCUT2D eigenvalue weighted by Gasteiger charge is 2.07. The van der Waals surface area contributed by atoms with Crippen LogP contribution < -0.4 is 11.1 Å². The van der Waals surface area contributed by atoms with Crippen LogP contribution in [0.2, 0.25) is 0 Å². The number of nitrogens with zero attached hydrogens (tertiary/aromatic N) is 1. The zero-order valence-corrected chi connectivity index (χ0v) is 8.79. The molecular weight excluding hydrogens is 198 g/mol. The minimum absolute atomic E-state index is 0.143. The number of amides is 1. The van der Waals surface area contributed by atoms with E-state index >= 15 is 0 Å². The number of nitrogens with one attached hydrogen (secondary N) is 1. The van der Waals surface area contributed by atoms with Crippen LogP contribution >= 0.6 is 12.6 Å². The third-order valence-electron chi connectivity index (χ3n) is 1.68. The standard InChI is InChI=1S/C9H13N3OS/c1-6(14)9(13)12-8-3-2-7(4-10)11-5-8/h2-3,5-6,14H,4,10H2,1H3,(H,12,13). The molecule has 0 radical (unpaired) electrons. The van der Waals surface area contributed by atoms with Crippen LogP contribution in [0.5, 0.6) is 0 Å². The van der Waals surface area contributed by atoms with Crippen molar-refractivity contribution in [3.8, 4) is 0 Å². The first-order valence-corrected chi connectivity index (χ1v) is 4.79. The van der Waals surface area contributed by atoms with Gasteiger partial charge in [-0.05, 0) is 19.1 Å². The van der Waals surface area contributed by atoms with Gasteiger partial charge in [-0.25, -0.2) is 0 Å². The number of rotatable bonds is 3. The number of aromatic nitrogens is 1. The Hall–Kier alpha value is -1.07. The van der Waals surface area contributed by atoms with Crippen LogP contribution in [-0.2, 0) is 11.3 Å². The average Bonchev–Trinajstić information content (AvgIpc) is 2.19. The van der Waals surface area contributed by atoms with Crippen molar-refractivity contribution in [3.05, 3.63) is 24.0 Å². The first kappa shape index (κ1) is 11.0. The summed E-state index contributed by atoms with van der Waals surface area (Å²) in [5.74, 6) is -0.143. The van der Waals surface area contributed by atoms with Crippen LogP contribution in [0, 0.1) is 0 Å². The number of carbonyl (C=O) groups is 1. The molecule has 1 heterocycles. The maximum Gasteiger partial charge on any atom is 0.236 e. The van der Waals surface area contributed by atoms with Gasteiger partial charge >= 0.3 is 0 Å². The highest BCUT2D eigenvalue weighted by Crippen LogP contribution is 2.07. The zero-order chi connectivity index (χ0) is 10.6. The van der Waals surface area contributed by atoms with Crippen molar-refractivity contribution in [1.82, 2.24) is 4.98 Å². The van der Waals surface area contributed by atoms with Crippen LogP contribution in [0.15, 0.2) is 18.3 Å². The van der Waals surface area contributed by atoms with Crippen molar-refractivity contribution in [2.75, 3.05) is 5.32 Å². The second kappa shape index (κ2) is 4.97. The van der Waals surface area contributed by atoms with Crippen LogP contribution in [-0.4, -0.2) is 16.1 Å². The SMILES string of the molecule is CC(S)C(=O)Nc1ccc(CN)nc1. The van der Waals surface area contributed by atoms with Crippen LogP contribution in [0.1, 0.15) is 12.6 Å². The van der Waals surface area contributed by atoms with Crippen LogP contribution in [0.4, 0.5) is 5.69 Å². The average molecular weight is 211 g/mol. The number of hydrogen-bond acceptors (Lipinski definition) is 4. The molecule has 76 valence electrons. The highest BCUT2D eigenvalue weighted by atomic mass is 32.1. The summed E-state index contributed by atoms with van der Waals surface area (Å²) in [7, 11) is 0. The van der Waals surface area contributed by atoms with Gasteiger partial charge in [-0.3, -0.25) is 9.78 Å². The Morgan fingerprint density at radius 2 is 2.43 bits per heavy atom. The molecule has 0 aliphatic carbocycles. The molecule has 1 atom stereocenters. The first-order valence-electron chi connectivity index (χ1n) is 4.27. The van der Waals surface area contributed by atoms with Gasteiger partial charge in [0.1, 0.15) is 0 Å². The van der Waals surface area contributed by atoms with Crippen molar-refractivity contribution in [3.63, 3.8) is 0 Å². The van der Waals surface area contributed by atoms with Crippen molar-refractivity contribution in [1.29, 1.82) is 0 Å². The van der Waals surface area contributed by atoms with Crippen LogP contribution in [0.3, 0.4) is 0 Å². The van der Waals surface area contributed by atoms with E-state index in [1.165, 1.54) is 0 Å². The molecule has 0 spiro atoms. The number of anilines is 1. The first-order chi connectivity index (χ1) is 6.63. The minimum atomic E-state index is -0.329. The van der Waals surface area contributed by atoms with Crippen molar-refractivity contribution in [2.24, 2.45) is 5.73 Å². The lowest BCUT2D eigenvalue weighted by molar-refractivity contribution is -0.115. The monoisotopic (exact) mass is 211 g/mol. The Kier molecular flexibility index (Phi) is 3.91. The van der Waals surface area contributed by atoms with E-state index in [1.54, 1.807) is 25.3 Å². The van der Waals surface area contributed by atoms with E-state index in [2.05, 4.69) is 22.9 Å². The zero-order valence-electron chi connectivity index (χ0n) is 7.90. The molecule has 3 N–H and O–H groups in total. The molecule has 4 nitrogen and oxygen atoms in total. The lowest BCUT2D eigenvalue weighted by Gasteiger charge is -2.06. The summed E-state index contributed by atoms with van der Waals surface area (Å²) in [4.78, 5) is 15.3. The number of thiol groups is 1. The Bertz CT molecular complexity index is 310. The van der Waals surface area contributed by atoms with Gasteiger partial charge in [0.25, 0.3) is 0 Å². The second-order valence-electron chi connectivity index (χ2n) is 2.91. The van der Waals surface area contributed by atoms with E-state index < -0.39 is 0 Å². The van der Waals surface area contributed by atoms with E-state index in [-0.39, 0.29) is 11.2 Å². The number of pyridine rings is 1. The predicted octanol–water partition coefficient (Wildman–Crippen LogP) is 0.797. The number of carbonyl (C=O) groups excluding carboxylic acids is 1. The normalized spacial score (nSPS) is 12.2. The molecule has 0 aromatic carbocycles. The maximum absolute atomic E-state index is 11.2. The summed E-state index contributed by atoms with van der Waals surface area (Å²) in [5, 5.41) is 2.34. The lowest BCUT2D eigenvalue weighted by Crippen LogP contribution is -2.20. The van der Waals surface area contributed by atoms with Gasteiger partial charge < -0.3 is 11.1 Å². The third-order valence-corrected chi connectivity index (χ3v) is 1.92. The van der Waals surface area contributed by atoms with E-state index in [4.69, 9.17) is 5.73 Å². The third kappa shape index (κ3) is 3.01. The van der Waals surface area contributed by atoms with Gasteiger partial charge in [0, 0.05) is 6.54 Å². The molecule has 1 aromatic rings. The largest absolute Gasteiger partial charge is 0.325 e. The molecule has 0 saturated heterocycles. The quantitative estimate of drug-likeness (QED) is 0.648. The van der Waals surface area contributed by atoms with E-state index in [0.29, 0.717) is 12.2 Å². The van der Waals surface area contributed by atoms with Gasteiger partial charge in [0.2, 0.25) is 5.91 Å². The van der Waals surface area contributed by atoms with Gasteiger partial charge in [0.05, 0.1) is 22.8 Å². The van der Waals surface area contributed by atoms with Gasteiger partial charge in [-0.1, -0.05) is 0 Å². The molecule has 14 heavy (non-hydrogen) atoms. The number of hydrogen-bond donors (Lipinski definition) is 3. The van der Waals surface area contributed by atoms with E-state index in [0.717, 1.165) is 5.69 Å². The molecular formula is C9H13N3OS. The lowest BCUT2D eigenvalue weighted by atomic mass is 10.3.